The highest BCUT2D eigenvalue weighted by molar-refractivity contribution is 5.85. The van der Waals surface area contributed by atoms with E-state index >= 15 is 0 Å². The Hall–Kier alpha value is -1.77. The summed E-state index contributed by atoms with van der Waals surface area (Å²) in [6.45, 7) is 2.03. The number of carboxylic acids is 1. The molecule has 3 rings (SSSR count). The second-order valence-corrected chi connectivity index (χ2v) is 4.46. The van der Waals surface area contributed by atoms with Crippen molar-refractivity contribution in [3.8, 4) is 0 Å². The number of carboxylic acid groups (broad SMARTS) is 1. The highest BCUT2D eigenvalue weighted by Gasteiger charge is 2.29. The summed E-state index contributed by atoms with van der Waals surface area (Å²) in [6.07, 6.45) is 1.58. The predicted octanol–water partition coefficient (Wildman–Crippen LogP) is 2.52. The monoisotopic (exact) mass is 215 g/mol. The minimum Gasteiger partial charge on any atom is -0.480 e. The van der Waals surface area contributed by atoms with Crippen LogP contribution in [-0.2, 0) is 11.2 Å². The van der Waals surface area contributed by atoms with Crippen LogP contribution in [-0.4, -0.2) is 15.6 Å². The topological polar surface area (TPSA) is 42.2 Å². The molecule has 0 aliphatic carbocycles. The van der Waals surface area contributed by atoms with Crippen molar-refractivity contribution >= 4 is 16.9 Å². The fourth-order valence-corrected chi connectivity index (χ4v) is 2.60. The molecule has 0 amide bonds. The van der Waals surface area contributed by atoms with E-state index in [1.807, 2.05) is 11.5 Å². The minimum absolute atomic E-state index is 0.380. The molecule has 0 bridgehead atoms. The molecule has 0 saturated carbocycles. The van der Waals surface area contributed by atoms with Crippen molar-refractivity contribution in [1.29, 1.82) is 0 Å². The van der Waals surface area contributed by atoms with Crippen LogP contribution in [0.5, 0.6) is 0 Å². The van der Waals surface area contributed by atoms with Crippen LogP contribution in [0.25, 0.3) is 10.9 Å². The fraction of sp³-hybridized carbons (Fsp3) is 0.308. The molecule has 1 aromatic heterocycles. The number of aryl methyl sites for hydroxylation is 2. The van der Waals surface area contributed by atoms with Gasteiger partial charge in [0.05, 0.1) is 0 Å². The maximum absolute atomic E-state index is 11.2. The molecule has 3 nitrogen and oxygen atoms in total. The first-order chi connectivity index (χ1) is 7.66. The Bertz CT molecular complexity index is 583. The Labute approximate surface area is 93.3 Å². The summed E-state index contributed by atoms with van der Waals surface area (Å²) in [6, 6.07) is 7.93. The lowest BCUT2D eigenvalue weighted by Crippen LogP contribution is -2.14. The lowest BCUT2D eigenvalue weighted by Gasteiger charge is -2.10. The molecule has 1 aliphatic rings. The molecule has 0 spiro atoms. The molecule has 2 heterocycles. The van der Waals surface area contributed by atoms with Crippen molar-refractivity contribution in [1.82, 2.24) is 4.57 Å². The SMILES string of the molecule is Cc1ccc2cc3n(c2c1)C(C(=O)O)CC3. The summed E-state index contributed by atoms with van der Waals surface area (Å²) in [5.74, 6) is -0.724. The zero-order valence-electron chi connectivity index (χ0n) is 9.10. The molecule has 0 radical (unpaired) electrons. The van der Waals surface area contributed by atoms with Crippen molar-refractivity contribution in [3.63, 3.8) is 0 Å². The lowest BCUT2D eigenvalue weighted by molar-refractivity contribution is -0.140. The molecular weight excluding hydrogens is 202 g/mol. The van der Waals surface area contributed by atoms with Gasteiger partial charge in [-0.25, -0.2) is 4.79 Å². The maximum Gasteiger partial charge on any atom is 0.326 e. The molecule has 1 unspecified atom stereocenters. The first-order valence-corrected chi connectivity index (χ1v) is 5.50. The van der Waals surface area contributed by atoms with E-state index in [9.17, 15) is 9.90 Å². The first-order valence-electron chi connectivity index (χ1n) is 5.50. The van der Waals surface area contributed by atoms with Crippen molar-refractivity contribution in [2.24, 2.45) is 0 Å². The highest BCUT2D eigenvalue weighted by atomic mass is 16.4. The van der Waals surface area contributed by atoms with Gasteiger partial charge in [-0.3, -0.25) is 0 Å². The standard InChI is InChI=1S/C13H13NO2/c1-8-2-3-9-7-10-4-5-11(13(15)16)14(10)12(9)6-8/h2-3,6-7,11H,4-5H2,1H3,(H,15,16). The molecule has 1 aliphatic heterocycles. The molecule has 16 heavy (non-hydrogen) atoms. The van der Waals surface area contributed by atoms with Gasteiger partial charge < -0.3 is 9.67 Å². The van der Waals surface area contributed by atoms with Crippen LogP contribution >= 0.6 is 0 Å². The largest absolute Gasteiger partial charge is 0.480 e. The van der Waals surface area contributed by atoms with E-state index in [1.54, 1.807) is 0 Å². The number of aliphatic carboxylic acids is 1. The number of fused-ring (bicyclic) bond motifs is 3. The van der Waals surface area contributed by atoms with Crippen molar-refractivity contribution in [3.05, 3.63) is 35.5 Å². The van der Waals surface area contributed by atoms with Crippen LogP contribution in [0, 0.1) is 6.92 Å². The average Bonchev–Trinajstić information content (AvgIpc) is 2.76. The molecule has 3 heteroatoms. The molecule has 82 valence electrons. The summed E-state index contributed by atoms with van der Waals surface area (Å²) in [4.78, 5) is 11.2. The van der Waals surface area contributed by atoms with Crippen molar-refractivity contribution in [2.75, 3.05) is 0 Å². The van der Waals surface area contributed by atoms with Gasteiger partial charge in [0, 0.05) is 11.2 Å². The van der Waals surface area contributed by atoms with Crippen LogP contribution in [0.15, 0.2) is 24.3 Å². The van der Waals surface area contributed by atoms with Gasteiger partial charge in [-0.05, 0) is 42.8 Å². The molecule has 1 atom stereocenters. The van der Waals surface area contributed by atoms with E-state index in [2.05, 4.69) is 24.3 Å². The van der Waals surface area contributed by atoms with Crippen LogP contribution in [0.2, 0.25) is 0 Å². The van der Waals surface area contributed by atoms with Gasteiger partial charge in [-0.1, -0.05) is 12.1 Å². The quantitative estimate of drug-likeness (QED) is 0.794. The fourth-order valence-electron chi connectivity index (χ4n) is 2.60. The van der Waals surface area contributed by atoms with E-state index < -0.39 is 5.97 Å². The molecule has 1 N–H and O–H groups in total. The number of hydrogen-bond donors (Lipinski definition) is 1. The third-order valence-electron chi connectivity index (χ3n) is 3.35. The van der Waals surface area contributed by atoms with Gasteiger partial charge in [0.15, 0.2) is 0 Å². The van der Waals surface area contributed by atoms with Crippen LogP contribution in [0.3, 0.4) is 0 Å². The van der Waals surface area contributed by atoms with Gasteiger partial charge in [0.25, 0.3) is 0 Å². The van der Waals surface area contributed by atoms with Crippen LogP contribution < -0.4 is 0 Å². The van der Waals surface area contributed by atoms with E-state index in [0.29, 0.717) is 6.42 Å². The second-order valence-electron chi connectivity index (χ2n) is 4.46. The Kier molecular flexibility index (Phi) is 1.84. The summed E-state index contributed by atoms with van der Waals surface area (Å²) >= 11 is 0. The molecule has 1 aromatic carbocycles. The third kappa shape index (κ3) is 1.18. The number of carbonyl (C=O) groups is 1. The lowest BCUT2D eigenvalue weighted by atomic mass is 10.1. The van der Waals surface area contributed by atoms with E-state index in [0.717, 1.165) is 23.0 Å². The Morgan fingerprint density at radius 2 is 2.25 bits per heavy atom. The first kappa shape index (κ1) is 9.46. The summed E-state index contributed by atoms with van der Waals surface area (Å²) in [5.41, 5.74) is 3.37. The van der Waals surface area contributed by atoms with Gasteiger partial charge in [-0.15, -0.1) is 0 Å². The minimum atomic E-state index is -0.724. The van der Waals surface area contributed by atoms with Crippen LogP contribution in [0.4, 0.5) is 0 Å². The number of benzene rings is 1. The van der Waals surface area contributed by atoms with E-state index in [-0.39, 0.29) is 6.04 Å². The van der Waals surface area contributed by atoms with E-state index in [1.165, 1.54) is 5.56 Å². The molecule has 2 aromatic rings. The number of rotatable bonds is 1. The maximum atomic E-state index is 11.2. The zero-order valence-corrected chi connectivity index (χ0v) is 9.10. The number of nitrogens with zero attached hydrogens (tertiary/aromatic N) is 1. The summed E-state index contributed by atoms with van der Waals surface area (Å²) in [7, 11) is 0. The van der Waals surface area contributed by atoms with Gasteiger partial charge >= 0.3 is 5.97 Å². The Morgan fingerprint density at radius 1 is 1.44 bits per heavy atom. The van der Waals surface area contributed by atoms with Gasteiger partial charge in [0.2, 0.25) is 0 Å². The predicted molar refractivity (Wildman–Crippen MR) is 61.7 cm³/mol. The summed E-state index contributed by atoms with van der Waals surface area (Å²) in [5, 5.41) is 10.3. The molecular formula is C13H13NO2. The summed E-state index contributed by atoms with van der Waals surface area (Å²) < 4.78 is 1.98. The highest BCUT2D eigenvalue weighted by Crippen LogP contribution is 2.33. The zero-order chi connectivity index (χ0) is 11.3. The number of aromatic nitrogens is 1. The van der Waals surface area contributed by atoms with E-state index in [4.69, 9.17) is 0 Å². The second kappa shape index (κ2) is 3.11. The van der Waals surface area contributed by atoms with Gasteiger partial charge in [0.1, 0.15) is 6.04 Å². The molecule has 0 saturated heterocycles. The van der Waals surface area contributed by atoms with Gasteiger partial charge in [-0.2, -0.15) is 0 Å². The average molecular weight is 215 g/mol. The Balaban J connectivity index is 2.29. The van der Waals surface area contributed by atoms with Crippen LogP contribution in [0.1, 0.15) is 23.7 Å². The normalized spacial score (nSPS) is 18.9. The Morgan fingerprint density at radius 3 is 3.00 bits per heavy atom. The number of hydrogen-bond acceptors (Lipinski definition) is 1. The van der Waals surface area contributed by atoms with Crippen molar-refractivity contribution < 1.29 is 9.90 Å². The smallest absolute Gasteiger partial charge is 0.326 e. The molecule has 0 fully saturated rings. The van der Waals surface area contributed by atoms with Crippen molar-refractivity contribution in [2.45, 2.75) is 25.8 Å². The third-order valence-corrected chi connectivity index (χ3v) is 3.35.